The number of hydrogen-bond donors (Lipinski definition) is 1. The van der Waals surface area contributed by atoms with Crippen LogP contribution in [0.15, 0.2) is 58.5 Å². The lowest BCUT2D eigenvalue weighted by Crippen LogP contribution is -2.20. The van der Waals surface area contributed by atoms with E-state index in [2.05, 4.69) is 36.3 Å². The van der Waals surface area contributed by atoms with Crippen molar-refractivity contribution in [2.75, 3.05) is 11.1 Å². The Morgan fingerprint density at radius 1 is 1.07 bits per heavy atom. The Morgan fingerprint density at radius 3 is 2.53 bits per heavy atom. The van der Waals surface area contributed by atoms with Gasteiger partial charge in [0.25, 0.3) is 5.56 Å². The van der Waals surface area contributed by atoms with Crippen molar-refractivity contribution < 1.29 is 4.79 Å². The largest absolute Gasteiger partial charge is 0.325 e. The Balaban J connectivity index is 1.61. The number of hydrogen-bond acceptors (Lipinski definition) is 5. The predicted octanol–water partition coefficient (Wildman–Crippen LogP) is 3.61. The molecule has 0 aliphatic rings. The number of carbonyl (C=O) groups excluding carboxylic acids is 1. The molecule has 4 rings (SSSR count). The lowest BCUT2D eigenvalue weighted by Gasteiger charge is -2.22. The molecular formula is C22H23N5O2S. The van der Waals surface area contributed by atoms with Crippen molar-refractivity contribution in [1.82, 2.24) is 19.2 Å². The van der Waals surface area contributed by atoms with E-state index in [1.54, 1.807) is 13.1 Å². The molecule has 4 aromatic rings. The number of rotatable bonds is 4. The number of carbonyl (C=O) groups is 1. The van der Waals surface area contributed by atoms with Crippen LogP contribution in [0.4, 0.5) is 5.69 Å². The monoisotopic (exact) mass is 421 g/mol. The molecule has 0 saturated heterocycles. The summed E-state index contributed by atoms with van der Waals surface area (Å²) in [6.45, 7) is 6.35. The lowest BCUT2D eigenvalue weighted by molar-refractivity contribution is -0.113. The first-order valence-corrected chi connectivity index (χ1v) is 10.6. The van der Waals surface area contributed by atoms with Gasteiger partial charge in [0.2, 0.25) is 11.7 Å². The Hall–Kier alpha value is -3.13. The maximum Gasteiger partial charge on any atom is 0.262 e. The topological polar surface area (TPSA) is 81.3 Å². The van der Waals surface area contributed by atoms with Gasteiger partial charge in [-0.15, -0.1) is 10.2 Å². The van der Waals surface area contributed by atoms with Gasteiger partial charge in [-0.2, -0.15) is 0 Å². The number of fused-ring (bicyclic) bond motifs is 3. The van der Waals surface area contributed by atoms with E-state index in [9.17, 15) is 9.59 Å². The van der Waals surface area contributed by atoms with Crippen LogP contribution >= 0.6 is 11.8 Å². The van der Waals surface area contributed by atoms with E-state index in [4.69, 9.17) is 0 Å². The fourth-order valence-electron chi connectivity index (χ4n) is 3.47. The number of thioether (sulfide) groups is 1. The fourth-order valence-corrected chi connectivity index (χ4v) is 4.21. The van der Waals surface area contributed by atoms with E-state index in [-0.39, 0.29) is 22.6 Å². The SMILES string of the molecule is Cn1c(=O)c2ccccc2n2c(SCC(=O)Nc3ccccc3C(C)(C)C)nnc12. The quantitative estimate of drug-likeness (QED) is 0.509. The van der Waals surface area contributed by atoms with Crippen LogP contribution < -0.4 is 10.9 Å². The van der Waals surface area contributed by atoms with Crippen LogP contribution in [0.2, 0.25) is 0 Å². The second-order valence-corrected chi connectivity index (χ2v) is 9.07. The number of amides is 1. The zero-order valence-corrected chi connectivity index (χ0v) is 18.2. The maximum atomic E-state index is 12.7. The molecule has 0 aliphatic heterocycles. The molecule has 2 heterocycles. The summed E-state index contributed by atoms with van der Waals surface area (Å²) in [5.41, 5.74) is 2.41. The van der Waals surface area contributed by atoms with Gasteiger partial charge in [0.1, 0.15) is 0 Å². The highest BCUT2D eigenvalue weighted by Gasteiger charge is 2.19. The van der Waals surface area contributed by atoms with Crippen molar-refractivity contribution >= 4 is 40.0 Å². The number of anilines is 1. The molecule has 0 atom stereocenters. The molecule has 2 aromatic carbocycles. The molecule has 30 heavy (non-hydrogen) atoms. The van der Waals surface area contributed by atoms with Crippen LogP contribution in [-0.2, 0) is 17.3 Å². The number of benzene rings is 2. The molecular weight excluding hydrogens is 398 g/mol. The standard InChI is InChI=1S/C22H23N5O2S/c1-22(2,3)15-10-6-7-11-16(15)23-18(28)13-30-21-25-24-20-26(4)19(29)14-9-5-8-12-17(14)27(20)21/h5-12H,13H2,1-4H3,(H,23,28). The van der Waals surface area contributed by atoms with E-state index < -0.39 is 0 Å². The van der Waals surface area contributed by atoms with Crippen molar-refractivity contribution in [3.05, 3.63) is 64.4 Å². The zero-order chi connectivity index (χ0) is 21.5. The summed E-state index contributed by atoms with van der Waals surface area (Å²) in [5.74, 6) is 0.499. The van der Waals surface area contributed by atoms with Crippen molar-refractivity contribution in [1.29, 1.82) is 0 Å². The fraction of sp³-hybridized carbons (Fsp3) is 0.273. The molecule has 1 N–H and O–H groups in total. The van der Waals surface area contributed by atoms with Gasteiger partial charge in [0.15, 0.2) is 5.16 Å². The van der Waals surface area contributed by atoms with Crippen LogP contribution in [0.3, 0.4) is 0 Å². The predicted molar refractivity (Wildman–Crippen MR) is 120 cm³/mol. The normalized spacial score (nSPS) is 11.9. The van der Waals surface area contributed by atoms with E-state index in [0.717, 1.165) is 16.8 Å². The van der Waals surface area contributed by atoms with Gasteiger partial charge in [0.05, 0.1) is 16.7 Å². The van der Waals surface area contributed by atoms with Gasteiger partial charge in [-0.3, -0.25) is 18.6 Å². The molecule has 1 amide bonds. The smallest absolute Gasteiger partial charge is 0.262 e. The third-order valence-corrected chi connectivity index (χ3v) is 5.87. The highest BCUT2D eigenvalue weighted by atomic mass is 32.2. The number of aromatic nitrogens is 4. The summed E-state index contributed by atoms with van der Waals surface area (Å²) < 4.78 is 3.29. The van der Waals surface area contributed by atoms with E-state index >= 15 is 0 Å². The van der Waals surface area contributed by atoms with Crippen LogP contribution in [0.1, 0.15) is 26.3 Å². The highest BCUT2D eigenvalue weighted by molar-refractivity contribution is 7.99. The second-order valence-electron chi connectivity index (χ2n) is 8.13. The molecule has 0 fully saturated rings. The van der Waals surface area contributed by atoms with Gasteiger partial charge in [-0.25, -0.2) is 0 Å². The summed E-state index contributed by atoms with van der Waals surface area (Å²) in [6.07, 6.45) is 0. The summed E-state index contributed by atoms with van der Waals surface area (Å²) in [6, 6.07) is 15.2. The third-order valence-electron chi connectivity index (χ3n) is 4.94. The summed E-state index contributed by atoms with van der Waals surface area (Å²) in [4.78, 5) is 25.2. The maximum absolute atomic E-state index is 12.7. The Labute approximate surface area is 178 Å². The van der Waals surface area contributed by atoms with Gasteiger partial charge in [-0.1, -0.05) is 62.9 Å². The third kappa shape index (κ3) is 3.59. The van der Waals surface area contributed by atoms with E-state index in [1.165, 1.54) is 16.3 Å². The first-order chi connectivity index (χ1) is 14.3. The molecule has 0 spiro atoms. The van der Waals surface area contributed by atoms with Crippen molar-refractivity contribution in [2.24, 2.45) is 7.05 Å². The summed E-state index contributed by atoms with van der Waals surface area (Å²) in [5, 5.41) is 12.5. The average molecular weight is 422 g/mol. The number of para-hydroxylation sites is 2. The molecule has 7 nitrogen and oxygen atoms in total. The molecule has 0 radical (unpaired) electrons. The highest BCUT2D eigenvalue weighted by Crippen LogP contribution is 2.29. The molecule has 0 unspecified atom stereocenters. The molecule has 0 aliphatic carbocycles. The lowest BCUT2D eigenvalue weighted by atomic mass is 9.86. The van der Waals surface area contributed by atoms with E-state index in [0.29, 0.717) is 16.3 Å². The number of aryl methyl sites for hydroxylation is 1. The Morgan fingerprint density at radius 2 is 1.77 bits per heavy atom. The molecule has 8 heteroatoms. The molecule has 2 aromatic heterocycles. The summed E-state index contributed by atoms with van der Waals surface area (Å²) in [7, 11) is 1.67. The average Bonchev–Trinajstić information content (AvgIpc) is 3.14. The van der Waals surface area contributed by atoms with Crippen molar-refractivity contribution in [2.45, 2.75) is 31.3 Å². The van der Waals surface area contributed by atoms with Crippen LogP contribution in [0, 0.1) is 0 Å². The van der Waals surface area contributed by atoms with E-state index in [1.807, 2.05) is 46.9 Å². The molecule has 0 saturated carbocycles. The van der Waals surface area contributed by atoms with Crippen molar-refractivity contribution in [3.8, 4) is 0 Å². The van der Waals surface area contributed by atoms with Crippen LogP contribution in [-0.4, -0.2) is 30.8 Å². The summed E-state index contributed by atoms with van der Waals surface area (Å²) >= 11 is 1.29. The Kier molecular flexibility index (Phi) is 5.11. The molecule has 0 bridgehead atoms. The number of nitrogens with zero attached hydrogens (tertiary/aromatic N) is 4. The van der Waals surface area contributed by atoms with Gasteiger partial charge < -0.3 is 5.32 Å². The molecule has 154 valence electrons. The second kappa shape index (κ2) is 7.60. The minimum Gasteiger partial charge on any atom is -0.325 e. The first-order valence-electron chi connectivity index (χ1n) is 9.62. The minimum absolute atomic E-state index is 0.0794. The van der Waals surface area contributed by atoms with Gasteiger partial charge in [-0.05, 0) is 29.2 Å². The van der Waals surface area contributed by atoms with Crippen molar-refractivity contribution in [3.63, 3.8) is 0 Å². The van der Waals surface area contributed by atoms with Crippen LogP contribution in [0.5, 0.6) is 0 Å². The van der Waals surface area contributed by atoms with Gasteiger partial charge in [0, 0.05) is 12.7 Å². The zero-order valence-electron chi connectivity index (χ0n) is 17.3. The first kappa shape index (κ1) is 20.2. The van der Waals surface area contributed by atoms with Gasteiger partial charge >= 0.3 is 0 Å². The number of nitrogens with one attached hydrogen (secondary N) is 1. The van der Waals surface area contributed by atoms with Crippen LogP contribution in [0.25, 0.3) is 16.7 Å². The minimum atomic E-state index is -0.126. The Bertz CT molecular complexity index is 1320.